The molecule has 2 heteroatoms. The Balaban J connectivity index is 2.35. The Morgan fingerprint density at radius 2 is 1.76 bits per heavy atom. The van der Waals surface area contributed by atoms with Crippen LogP contribution in [0, 0.1) is 5.92 Å². The zero-order valence-electron chi connectivity index (χ0n) is 12.6. The molecule has 0 aromatic rings. The van der Waals surface area contributed by atoms with Crippen LogP contribution in [0.3, 0.4) is 0 Å². The number of piperidine rings is 1. The Bertz CT molecular complexity index is 199. The highest BCUT2D eigenvalue weighted by molar-refractivity contribution is 4.81. The first-order chi connectivity index (χ1) is 7.96. The maximum Gasteiger partial charge on any atom is 0.0218 e. The third kappa shape index (κ3) is 5.39. The van der Waals surface area contributed by atoms with E-state index in [0.717, 1.165) is 18.5 Å². The van der Waals surface area contributed by atoms with Crippen LogP contribution in [0.5, 0.6) is 0 Å². The minimum atomic E-state index is 0.245. The molecule has 1 saturated heterocycles. The van der Waals surface area contributed by atoms with Crippen LogP contribution < -0.4 is 5.32 Å². The van der Waals surface area contributed by atoms with Gasteiger partial charge in [0.1, 0.15) is 0 Å². The third-order valence-corrected chi connectivity index (χ3v) is 4.08. The predicted molar refractivity (Wildman–Crippen MR) is 76.4 cm³/mol. The molecule has 1 fully saturated rings. The average Bonchev–Trinajstić information content (AvgIpc) is 2.29. The molecule has 1 aliphatic rings. The number of hydrogen-bond donors (Lipinski definition) is 1. The lowest BCUT2D eigenvalue weighted by atomic mass is 9.93. The summed E-state index contributed by atoms with van der Waals surface area (Å²) in [6.07, 6.45) is 5.44. The first kappa shape index (κ1) is 15.0. The molecule has 102 valence electrons. The van der Waals surface area contributed by atoms with E-state index >= 15 is 0 Å². The summed E-state index contributed by atoms with van der Waals surface area (Å²) in [5.41, 5.74) is 0.245. The van der Waals surface area contributed by atoms with Crippen molar-refractivity contribution in [2.45, 2.75) is 71.9 Å². The molecule has 1 unspecified atom stereocenters. The molecule has 0 aliphatic carbocycles. The first-order valence-corrected chi connectivity index (χ1v) is 7.45. The van der Waals surface area contributed by atoms with Gasteiger partial charge in [0.2, 0.25) is 0 Å². The van der Waals surface area contributed by atoms with E-state index in [0.29, 0.717) is 0 Å². The van der Waals surface area contributed by atoms with Crippen molar-refractivity contribution >= 4 is 0 Å². The van der Waals surface area contributed by atoms with E-state index in [2.05, 4.69) is 44.8 Å². The molecule has 1 atom stereocenters. The van der Waals surface area contributed by atoms with Gasteiger partial charge in [-0.25, -0.2) is 0 Å². The van der Waals surface area contributed by atoms with Gasteiger partial charge >= 0.3 is 0 Å². The highest BCUT2D eigenvalue weighted by atomic mass is 15.2. The van der Waals surface area contributed by atoms with Crippen LogP contribution in [-0.4, -0.2) is 36.1 Å². The molecule has 1 aliphatic heterocycles. The molecular formula is C15H32N2. The van der Waals surface area contributed by atoms with Crippen LogP contribution in [0.4, 0.5) is 0 Å². The summed E-state index contributed by atoms with van der Waals surface area (Å²) in [6.45, 7) is 15.2. The van der Waals surface area contributed by atoms with Crippen LogP contribution in [0.1, 0.15) is 60.3 Å². The minimum absolute atomic E-state index is 0.245. The van der Waals surface area contributed by atoms with Gasteiger partial charge in [-0.2, -0.15) is 0 Å². The number of rotatable bonds is 5. The van der Waals surface area contributed by atoms with Crippen LogP contribution in [-0.2, 0) is 0 Å². The molecule has 2 nitrogen and oxygen atoms in total. The van der Waals surface area contributed by atoms with E-state index in [1.807, 2.05) is 0 Å². The largest absolute Gasteiger partial charge is 0.311 e. The lowest BCUT2D eigenvalue weighted by molar-refractivity contribution is 0.121. The molecule has 0 radical (unpaired) electrons. The van der Waals surface area contributed by atoms with Crippen molar-refractivity contribution in [3.63, 3.8) is 0 Å². The summed E-state index contributed by atoms with van der Waals surface area (Å²) in [7, 11) is 0. The van der Waals surface area contributed by atoms with Crippen molar-refractivity contribution in [1.82, 2.24) is 10.2 Å². The van der Waals surface area contributed by atoms with Crippen LogP contribution >= 0.6 is 0 Å². The second kappa shape index (κ2) is 6.75. The van der Waals surface area contributed by atoms with Gasteiger partial charge in [0.25, 0.3) is 0 Å². The molecule has 0 aromatic heterocycles. The molecule has 0 bridgehead atoms. The normalized spacial score (nSPS) is 21.7. The highest BCUT2D eigenvalue weighted by Crippen LogP contribution is 2.22. The smallest absolute Gasteiger partial charge is 0.0218 e. The van der Waals surface area contributed by atoms with Gasteiger partial charge in [0.15, 0.2) is 0 Å². The Hall–Kier alpha value is -0.0800. The van der Waals surface area contributed by atoms with E-state index in [9.17, 15) is 0 Å². The zero-order chi connectivity index (χ0) is 12.9. The Labute approximate surface area is 108 Å². The number of nitrogens with one attached hydrogen (secondary N) is 1. The molecule has 0 spiro atoms. The number of nitrogens with zero attached hydrogens (tertiary/aromatic N) is 1. The first-order valence-electron chi connectivity index (χ1n) is 7.45. The lowest BCUT2D eigenvalue weighted by Gasteiger charge is -2.38. The van der Waals surface area contributed by atoms with Crippen molar-refractivity contribution < 1.29 is 0 Å². The van der Waals surface area contributed by atoms with Gasteiger partial charge in [-0.1, -0.05) is 20.3 Å². The van der Waals surface area contributed by atoms with E-state index in [1.54, 1.807) is 0 Å². The quantitative estimate of drug-likeness (QED) is 0.793. The molecule has 17 heavy (non-hydrogen) atoms. The van der Waals surface area contributed by atoms with E-state index in [4.69, 9.17) is 0 Å². The molecule has 0 amide bonds. The lowest BCUT2D eigenvalue weighted by Crippen LogP contribution is -2.49. The van der Waals surface area contributed by atoms with Gasteiger partial charge in [0.05, 0.1) is 0 Å². The standard InChI is InChI=1S/C15H32N2/c1-6-13-8-10-17(11-9-13)14(7-2)12-16-15(3,4)5/h13-14,16H,6-12H2,1-5H3. The van der Waals surface area contributed by atoms with Gasteiger partial charge in [0, 0.05) is 18.1 Å². The van der Waals surface area contributed by atoms with Gasteiger partial charge in [-0.3, -0.25) is 4.90 Å². The molecular weight excluding hydrogens is 208 g/mol. The van der Waals surface area contributed by atoms with Crippen molar-refractivity contribution in [3.05, 3.63) is 0 Å². The molecule has 1 rings (SSSR count). The van der Waals surface area contributed by atoms with Crippen molar-refractivity contribution in [1.29, 1.82) is 0 Å². The SMILES string of the molecule is CCC1CCN(C(CC)CNC(C)(C)C)CC1. The average molecular weight is 240 g/mol. The van der Waals surface area contributed by atoms with Crippen molar-refractivity contribution in [2.75, 3.05) is 19.6 Å². The maximum atomic E-state index is 3.65. The fraction of sp³-hybridized carbons (Fsp3) is 1.00. The van der Waals surface area contributed by atoms with Crippen LogP contribution in [0.25, 0.3) is 0 Å². The Morgan fingerprint density at radius 3 is 2.18 bits per heavy atom. The fourth-order valence-electron chi connectivity index (χ4n) is 2.68. The molecule has 1 N–H and O–H groups in total. The summed E-state index contributed by atoms with van der Waals surface area (Å²) >= 11 is 0. The summed E-state index contributed by atoms with van der Waals surface area (Å²) in [4.78, 5) is 2.70. The fourth-order valence-corrected chi connectivity index (χ4v) is 2.68. The maximum absolute atomic E-state index is 3.65. The van der Waals surface area contributed by atoms with Crippen molar-refractivity contribution in [2.24, 2.45) is 5.92 Å². The molecule has 0 aromatic carbocycles. The Morgan fingerprint density at radius 1 is 1.18 bits per heavy atom. The number of hydrogen-bond acceptors (Lipinski definition) is 2. The van der Waals surface area contributed by atoms with Crippen LogP contribution in [0.2, 0.25) is 0 Å². The highest BCUT2D eigenvalue weighted by Gasteiger charge is 2.24. The van der Waals surface area contributed by atoms with E-state index < -0.39 is 0 Å². The summed E-state index contributed by atoms with van der Waals surface area (Å²) in [5.74, 6) is 0.985. The minimum Gasteiger partial charge on any atom is -0.311 e. The van der Waals surface area contributed by atoms with E-state index in [-0.39, 0.29) is 5.54 Å². The Kier molecular flexibility index (Phi) is 5.94. The van der Waals surface area contributed by atoms with Crippen LogP contribution in [0.15, 0.2) is 0 Å². The van der Waals surface area contributed by atoms with E-state index in [1.165, 1.54) is 38.8 Å². The van der Waals surface area contributed by atoms with Gasteiger partial charge < -0.3 is 5.32 Å². The topological polar surface area (TPSA) is 15.3 Å². The summed E-state index contributed by atoms with van der Waals surface area (Å²) < 4.78 is 0. The molecule has 0 saturated carbocycles. The second-order valence-electron chi connectivity index (χ2n) is 6.58. The summed E-state index contributed by atoms with van der Waals surface area (Å²) in [5, 5.41) is 3.65. The molecule has 1 heterocycles. The second-order valence-corrected chi connectivity index (χ2v) is 6.58. The zero-order valence-corrected chi connectivity index (χ0v) is 12.6. The monoisotopic (exact) mass is 240 g/mol. The van der Waals surface area contributed by atoms with Gasteiger partial charge in [-0.05, 0) is 59.0 Å². The van der Waals surface area contributed by atoms with Crippen molar-refractivity contribution in [3.8, 4) is 0 Å². The third-order valence-electron chi connectivity index (χ3n) is 4.08. The number of likely N-dealkylation sites (tertiary alicyclic amines) is 1. The van der Waals surface area contributed by atoms with Gasteiger partial charge in [-0.15, -0.1) is 0 Å². The summed E-state index contributed by atoms with van der Waals surface area (Å²) in [6, 6.07) is 0.729. The predicted octanol–water partition coefficient (Wildman–Crippen LogP) is 3.28.